The first-order valence-electron chi connectivity index (χ1n) is 5.12. The first kappa shape index (κ1) is 12.9. The van der Waals surface area contributed by atoms with E-state index in [2.05, 4.69) is 12.7 Å². The summed E-state index contributed by atoms with van der Waals surface area (Å²) in [6.45, 7) is 7.35. The Morgan fingerprint density at radius 2 is 1.57 bits per heavy atom. The molecule has 0 aliphatic rings. The van der Waals surface area contributed by atoms with Crippen molar-refractivity contribution in [1.29, 1.82) is 0 Å². The molecule has 0 aromatic carbocycles. The summed E-state index contributed by atoms with van der Waals surface area (Å²) in [5.74, 6) is 0.132. The smallest absolute Gasteiger partial charge is 0.152 e. The molecule has 0 rings (SSSR count). The molecule has 0 bridgehead atoms. The van der Waals surface area contributed by atoms with Crippen molar-refractivity contribution in [3.8, 4) is 0 Å². The molecule has 0 amide bonds. The molecule has 0 unspecified atom stereocenters. The van der Waals surface area contributed by atoms with Gasteiger partial charge in [0.05, 0.1) is 0 Å². The Balaban J connectivity index is 3.30. The molecular formula is C13H20O. The maximum absolute atomic E-state index is 10.5. The normalized spacial score (nSPS) is 11.3. The standard InChI is InChI=1S/C13H20O/c1-12(2)10-8-6-4-5-7-9-11-13(3)14/h8-11H,1,4-7H2,2-3H3/b10-8+,11-9+. The molecule has 0 aliphatic heterocycles. The monoisotopic (exact) mass is 192 g/mol. The predicted molar refractivity (Wildman–Crippen MR) is 62.2 cm³/mol. The second kappa shape index (κ2) is 8.49. The Morgan fingerprint density at radius 1 is 1.07 bits per heavy atom. The van der Waals surface area contributed by atoms with Crippen molar-refractivity contribution in [2.75, 3.05) is 0 Å². The van der Waals surface area contributed by atoms with Gasteiger partial charge in [-0.1, -0.05) is 30.4 Å². The van der Waals surface area contributed by atoms with Crippen LogP contribution in [0, 0.1) is 0 Å². The molecule has 0 aromatic heterocycles. The van der Waals surface area contributed by atoms with Crippen molar-refractivity contribution in [3.05, 3.63) is 36.5 Å². The SMILES string of the molecule is C=C(C)/C=C/CCCC/C=C/C(C)=O. The lowest BCUT2D eigenvalue weighted by atomic mass is 10.1. The van der Waals surface area contributed by atoms with Gasteiger partial charge in [0, 0.05) is 0 Å². The van der Waals surface area contributed by atoms with Gasteiger partial charge in [-0.3, -0.25) is 4.79 Å². The molecule has 0 N–H and O–H groups in total. The lowest BCUT2D eigenvalue weighted by molar-refractivity contribution is -0.112. The summed E-state index contributed by atoms with van der Waals surface area (Å²) < 4.78 is 0. The third kappa shape index (κ3) is 10.9. The summed E-state index contributed by atoms with van der Waals surface area (Å²) in [5.41, 5.74) is 1.10. The molecule has 1 nitrogen and oxygen atoms in total. The van der Waals surface area contributed by atoms with Gasteiger partial charge in [0.2, 0.25) is 0 Å². The lowest BCUT2D eigenvalue weighted by Crippen LogP contribution is -1.80. The molecule has 0 radical (unpaired) electrons. The van der Waals surface area contributed by atoms with Crippen LogP contribution in [0.4, 0.5) is 0 Å². The average Bonchev–Trinajstić information content (AvgIpc) is 2.08. The number of allylic oxidation sites excluding steroid dienone is 5. The molecule has 1 heteroatoms. The number of hydrogen-bond donors (Lipinski definition) is 0. The molecule has 0 aliphatic carbocycles. The predicted octanol–water partition coefficient (Wildman–Crippen LogP) is 3.82. The van der Waals surface area contributed by atoms with E-state index in [1.807, 2.05) is 19.1 Å². The number of rotatable bonds is 7. The molecule has 0 saturated carbocycles. The van der Waals surface area contributed by atoms with Crippen LogP contribution in [0.2, 0.25) is 0 Å². The van der Waals surface area contributed by atoms with Crippen LogP contribution in [0.25, 0.3) is 0 Å². The van der Waals surface area contributed by atoms with Gasteiger partial charge in [-0.2, -0.15) is 0 Å². The van der Waals surface area contributed by atoms with E-state index in [0.717, 1.165) is 24.8 Å². The molecule has 0 heterocycles. The van der Waals surface area contributed by atoms with E-state index < -0.39 is 0 Å². The Bertz CT molecular complexity index is 208. The van der Waals surface area contributed by atoms with Crippen LogP contribution in [0.15, 0.2) is 36.5 Å². The van der Waals surface area contributed by atoms with Gasteiger partial charge in [-0.15, -0.1) is 0 Å². The molecule has 0 fully saturated rings. The summed E-state index contributed by atoms with van der Waals surface area (Å²) >= 11 is 0. The lowest BCUT2D eigenvalue weighted by Gasteiger charge is -1.92. The summed E-state index contributed by atoms with van der Waals surface area (Å²) in [6.07, 6.45) is 12.2. The van der Waals surface area contributed by atoms with Gasteiger partial charge in [-0.05, 0) is 45.6 Å². The van der Waals surface area contributed by atoms with E-state index in [4.69, 9.17) is 0 Å². The van der Waals surface area contributed by atoms with Crippen molar-refractivity contribution in [3.63, 3.8) is 0 Å². The zero-order chi connectivity index (χ0) is 10.8. The molecule has 0 spiro atoms. The number of carbonyl (C=O) groups is 1. The second-order valence-corrected chi connectivity index (χ2v) is 3.55. The summed E-state index contributed by atoms with van der Waals surface area (Å²) in [6, 6.07) is 0. The van der Waals surface area contributed by atoms with Crippen molar-refractivity contribution in [2.45, 2.75) is 39.5 Å². The molecule has 0 saturated heterocycles. The van der Waals surface area contributed by atoms with E-state index >= 15 is 0 Å². The van der Waals surface area contributed by atoms with Crippen LogP contribution in [0.5, 0.6) is 0 Å². The molecule has 0 atom stereocenters. The third-order valence-electron chi connectivity index (χ3n) is 1.75. The highest BCUT2D eigenvalue weighted by atomic mass is 16.1. The first-order chi connectivity index (χ1) is 6.63. The average molecular weight is 192 g/mol. The summed E-state index contributed by atoms with van der Waals surface area (Å²) in [4.78, 5) is 10.5. The van der Waals surface area contributed by atoms with Gasteiger partial charge in [-0.25, -0.2) is 0 Å². The van der Waals surface area contributed by atoms with Crippen LogP contribution in [-0.2, 0) is 4.79 Å². The van der Waals surface area contributed by atoms with E-state index in [1.54, 1.807) is 13.0 Å². The molecular weight excluding hydrogens is 172 g/mol. The van der Waals surface area contributed by atoms with E-state index in [-0.39, 0.29) is 5.78 Å². The zero-order valence-electron chi connectivity index (χ0n) is 9.25. The quantitative estimate of drug-likeness (QED) is 0.340. The highest BCUT2D eigenvalue weighted by Gasteiger charge is 1.85. The Hall–Kier alpha value is -1.11. The fourth-order valence-corrected chi connectivity index (χ4v) is 1.06. The van der Waals surface area contributed by atoms with Crippen molar-refractivity contribution in [2.24, 2.45) is 0 Å². The number of carbonyl (C=O) groups excluding carboxylic acids is 1. The Morgan fingerprint density at radius 3 is 2.00 bits per heavy atom. The van der Waals surface area contributed by atoms with Gasteiger partial charge in [0.15, 0.2) is 5.78 Å². The largest absolute Gasteiger partial charge is 0.295 e. The van der Waals surface area contributed by atoms with Gasteiger partial charge >= 0.3 is 0 Å². The van der Waals surface area contributed by atoms with Gasteiger partial charge < -0.3 is 0 Å². The van der Waals surface area contributed by atoms with Crippen LogP contribution < -0.4 is 0 Å². The zero-order valence-corrected chi connectivity index (χ0v) is 9.25. The maximum Gasteiger partial charge on any atom is 0.152 e. The fourth-order valence-electron chi connectivity index (χ4n) is 1.06. The minimum atomic E-state index is 0.132. The third-order valence-corrected chi connectivity index (χ3v) is 1.75. The molecule has 0 aromatic rings. The van der Waals surface area contributed by atoms with Crippen molar-refractivity contribution < 1.29 is 4.79 Å². The Labute approximate surface area is 87.2 Å². The highest BCUT2D eigenvalue weighted by Crippen LogP contribution is 2.02. The molecule has 78 valence electrons. The fraction of sp³-hybridized carbons (Fsp3) is 0.462. The minimum Gasteiger partial charge on any atom is -0.295 e. The van der Waals surface area contributed by atoms with Crippen LogP contribution >= 0.6 is 0 Å². The van der Waals surface area contributed by atoms with Crippen LogP contribution in [-0.4, -0.2) is 5.78 Å². The summed E-state index contributed by atoms with van der Waals surface area (Å²) in [5, 5.41) is 0. The topological polar surface area (TPSA) is 17.1 Å². The van der Waals surface area contributed by atoms with Crippen molar-refractivity contribution >= 4 is 5.78 Å². The molecule has 14 heavy (non-hydrogen) atoms. The number of unbranched alkanes of at least 4 members (excludes halogenated alkanes) is 3. The number of hydrogen-bond acceptors (Lipinski definition) is 1. The van der Waals surface area contributed by atoms with E-state index in [9.17, 15) is 4.79 Å². The minimum absolute atomic E-state index is 0.132. The first-order valence-corrected chi connectivity index (χ1v) is 5.12. The maximum atomic E-state index is 10.5. The van der Waals surface area contributed by atoms with Gasteiger partial charge in [0.25, 0.3) is 0 Å². The van der Waals surface area contributed by atoms with Gasteiger partial charge in [0.1, 0.15) is 0 Å². The van der Waals surface area contributed by atoms with E-state index in [0.29, 0.717) is 0 Å². The van der Waals surface area contributed by atoms with E-state index in [1.165, 1.54) is 6.42 Å². The van der Waals surface area contributed by atoms with Crippen LogP contribution in [0.1, 0.15) is 39.5 Å². The highest BCUT2D eigenvalue weighted by molar-refractivity contribution is 5.87. The van der Waals surface area contributed by atoms with Crippen molar-refractivity contribution in [1.82, 2.24) is 0 Å². The Kier molecular flexibility index (Phi) is 7.81. The van der Waals surface area contributed by atoms with Crippen LogP contribution in [0.3, 0.4) is 0 Å². The second-order valence-electron chi connectivity index (χ2n) is 3.55. The summed E-state index contributed by atoms with van der Waals surface area (Å²) in [7, 11) is 0. The number of ketones is 1.